The first-order valence-corrected chi connectivity index (χ1v) is 6.53. The van der Waals surface area contributed by atoms with Crippen LogP contribution < -0.4 is 5.32 Å². The van der Waals surface area contributed by atoms with Crippen molar-refractivity contribution in [2.24, 2.45) is 5.92 Å². The average molecular weight is 207 g/mol. The standard InChI is InChI=1S/C14H25N/c1-3-5-10-14(15-4-2)12-11-13-8-6-7-9-13/h1,13-15H,4-12H2,2H3. The SMILES string of the molecule is C#CCCC(CCC1CCCC1)NCC. The van der Waals surface area contributed by atoms with Gasteiger partial charge in [0.25, 0.3) is 0 Å². The fraction of sp³-hybridized carbons (Fsp3) is 0.857. The molecule has 0 aliphatic heterocycles. The van der Waals surface area contributed by atoms with E-state index in [9.17, 15) is 0 Å². The Morgan fingerprint density at radius 3 is 2.67 bits per heavy atom. The molecule has 0 aromatic carbocycles. The molecule has 1 saturated carbocycles. The lowest BCUT2D eigenvalue weighted by Gasteiger charge is -2.18. The second-order valence-corrected chi connectivity index (χ2v) is 4.73. The minimum absolute atomic E-state index is 0.659. The first-order valence-electron chi connectivity index (χ1n) is 6.53. The molecular weight excluding hydrogens is 182 g/mol. The zero-order valence-electron chi connectivity index (χ0n) is 10.1. The Balaban J connectivity index is 2.15. The lowest BCUT2D eigenvalue weighted by molar-refractivity contribution is 0.397. The van der Waals surface area contributed by atoms with Gasteiger partial charge in [-0.15, -0.1) is 12.3 Å². The van der Waals surface area contributed by atoms with Crippen molar-refractivity contribution < 1.29 is 0 Å². The smallest absolute Gasteiger partial charge is 0.0101 e. The Kier molecular flexibility index (Phi) is 6.52. The minimum Gasteiger partial charge on any atom is -0.314 e. The molecule has 1 rings (SSSR count). The molecule has 15 heavy (non-hydrogen) atoms. The van der Waals surface area contributed by atoms with E-state index in [1.807, 2.05) is 0 Å². The number of rotatable bonds is 7. The zero-order valence-corrected chi connectivity index (χ0v) is 10.1. The van der Waals surface area contributed by atoms with E-state index in [0.717, 1.165) is 25.3 Å². The lowest BCUT2D eigenvalue weighted by atomic mass is 9.96. The molecule has 1 N–H and O–H groups in total. The molecule has 1 atom stereocenters. The van der Waals surface area contributed by atoms with Gasteiger partial charge in [-0.2, -0.15) is 0 Å². The summed E-state index contributed by atoms with van der Waals surface area (Å²) in [5.41, 5.74) is 0. The van der Waals surface area contributed by atoms with Crippen LogP contribution >= 0.6 is 0 Å². The molecular formula is C14H25N. The first-order chi connectivity index (χ1) is 7.36. The van der Waals surface area contributed by atoms with E-state index < -0.39 is 0 Å². The van der Waals surface area contributed by atoms with Crippen molar-refractivity contribution in [1.82, 2.24) is 5.32 Å². The largest absolute Gasteiger partial charge is 0.314 e. The van der Waals surface area contributed by atoms with Crippen LogP contribution in [-0.2, 0) is 0 Å². The van der Waals surface area contributed by atoms with Gasteiger partial charge in [0, 0.05) is 12.5 Å². The lowest BCUT2D eigenvalue weighted by Crippen LogP contribution is -2.29. The van der Waals surface area contributed by atoms with Crippen LogP contribution in [0, 0.1) is 18.3 Å². The van der Waals surface area contributed by atoms with Gasteiger partial charge in [0.15, 0.2) is 0 Å². The van der Waals surface area contributed by atoms with Gasteiger partial charge >= 0.3 is 0 Å². The van der Waals surface area contributed by atoms with Crippen molar-refractivity contribution in [3.8, 4) is 12.3 Å². The maximum absolute atomic E-state index is 5.31. The van der Waals surface area contributed by atoms with Gasteiger partial charge in [-0.05, 0) is 31.7 Å². The van der Waals surface area contributed by atoms with Gasteiger partial charge in [0.05, 0.1) is 0 Å². The van der Waals surface area contributed by atoms with E-state index in [1.165, 1.54) is 38.5 Å². The molecule has 1 heteroatoms. The van der Waals surface area contributed by atoms with E-state index in [0.29, 0.717) is 6.04 Å². The molecule has 0 bridgehead atoms. The third kappa shape index (κ3) is 5.23. The summed E-state index contributed by atoms with van der Waals surface area (Å²) in [7, 11) is 0. The number of hydrogen-bond donors (Lipinski definition) is 1. The van der Waals surface area contributed by atoms with Crippen molar-refractivity contribution in [2.45, 2.75) is 64.3 Å². The van der Waals surface area contributed by atoms with E-state index in [-0.39, 0.29) is 0 Å². The van der Waals surface area contributed by atoms with Crippen molar-refractivity contribution in [2.75, 3.05) is 6.54 Å². The summed E-state index contributed by atoms with van der Waals surface area (Å²) in [6.45, 7) is 3.25. The summed E-state index contributed by atoms with van der Waals surface area (Å²) < 4.78 is 0. The summed E-state index contributed by atoms with van der Waals surface area (Å²) in [5.74, 6) is 3.76. The topological polar surface area (TPSA) is 12.0 Å². The monoisotopic (exact) mass is 207 g/mol. The molecule has 86 valence electrons. The quantitative estimate of drug-likeness (QED) is 0.631. The molecule has 1 aliphatic carbocycles. The van der Waals surface area contributed by atoms with Crippen LogP contribution in [-0.4, -0.2) is 12.6 Å². The summed E-state index contributed by atoms with van der Waals surface area (Å²) in [4.78, 5) is 0. The molecule has 1 nitrogen and oxygen atoms in total. The molecule has 0 amide bonds. The van der Waals surface area contributed by atoms with Crippen LogP contribution in [0.5, 0.6) is 0 Å². The third-order valence-corrected chi connectivity index (χ3v) is 3.53. The molecule has 0 spiro atoms. The van der Waals surface area contributed by atoms with Crippen LogP contribution in [0.3, 0.4) is 0 Å². The predicted octanol–water partition coefficient (Wildman–Crippen LogP) is 3.35. The van der Waals surface area contributed by atoms with Crippen LogP contribution in [0.4, 0.5) is 0 Å². The Morgan fingerprint density at radius 2 is 2.07 bits per heavy atom. The van der Waals surface area contributed by atoms with E-state index in [1.54, 1.807) is 0 Å². The molecule has 0 aromatic rings. The van der Waals surface area contributed by atoms with Crippen molar-refractivity contribution >= 4 is 0 Å². The van der Waals surface area contributed by atoms with Gasteiger partial charge in [-0.3, -0.25) is 0 Å². The molecule has 0 radical (unpaired) electrons. The second kappa shape index (κ2) is 7.77. The second-order valence-electron chi connectivity index (χ2n) is 4.73. The number of nitrogens with one attached hydrogen (secondary N) is 1. The summed E-state index contributed by atoms with van der Waals surface area (Å²) >= 11 is 0. The summed E-state index contributed by atoms with van der Waals surface area (Å²) in [6.07, 6.45) is 16.0. The highest BCUT2D eigenvalue weighted by atomic mass is 14.9. The normalized spacial score (nSPS) is 18.9. The van der Waals surface area contributed by atoms with Crippen LogP contribution in [0.1, 0.15) is 58.3 Å². The van der Waals surface area contributed by atoms with Gasteiger partial charge in [0.1, 0.15) is 0 Å². The highest BCUT2D eigenvalue weighted by molar-refractivity contribution is 4.86. The van der Waals surface area contributed by atoms with Gasteiger partial charge in [-0.1, -0.05) is 32.6 Å². The minimum atomic E-state index is 0.659. The molecule has 1 fully saturated rings. The van der Waals surface area contributed by atoms with Crippen molar-refractivity contribution in [1.29, 1.82) is 0 Å². The van der Waals surface area contributed by atoms with Crippen LogP contribution in [0.15, 0.2) is 0 Å². The van der Waals surface area contributed by atoms with Crippen molar-refractivity contribution in [3.05, 3.63) is 0 Å². The van der Waals surface area contributed by atoms with Gasteiger partial charge in [-0.25, -0.2) is 0 Å². The predicted molar refractivity (Wildman–Crippen MR) is 66.7 cm³/mol. The van der Waals surface area contributed by atoms with E-state index in [2.05, 4.69) is 18.2 Å². The maximum Gasteiger partial charge on any atom is 0.0101 e. The fourth-order valence-electron chi connectivity index (χ4n) is 2.63. The fourth-order valence-corrected chi connectivity index (χ4v) is 2.63. The van der Waals surface area contributed by atoms with E-state index >= 15 is 0 Å². The molecule has 0 saturated heterocycles. The van der Waals surface area contributed by atoms with Gasteiger partial charge in [0.2, 0.25) is 0 Å². The van der Waals surface area contributed by atoms with Crippen LogP contribution in [0.2, 0.25) is 0 Å². The average Bonchev–Trinajstić information content (AvgIpc) is 2.75. The maximum atomic E-state index is 5.31. The van der Waals surface area contributed by atoms with Gasteiger partial charge < -0.3 is 5.32 Å². The molecule has 0 aromatic heterocycles. The Labute approximate surface area is 95.0 Å². The summed E-state index contributed by atoms with van der Waals surface area (Å²) in [6, 6.07) is 0.659. The molecule has 1 unspecified atom stereocenters. The molecule has 0 heterocycles. The Hall–Kier alpha value is -0.480. The highest BCUT2D eigenvalue weighted by Gasteiger charge is 2.16. The summed E-state index contributed by atoms with van der Waals surface area (Å²) in [5, 5.41) is 3.55. The van der Waals surface area contributed by atoms with E-state index in [4.69, 9.17) is 6.42 Å². The van der Waals surface area contributed by atoms with Crippen molar-refractivity contribution in [3.63, 3.8) is 0 Å². The Morgan fingerprint density at radius 1 is 1.33 bits per heavy atom. The number of terminal acetylenes is 1. The highest BCUT2D eigenvalue weighted by Crippen LogP contribution is 2.29. The molecule has 1 aliphatic rings. The third-order valence-electron chi connectivity index (χ3n) is 3.53. The first kappa shape index (κ1) is 12.6. The zero-order chi connectivity index (χ0) is 10.9. The number of hydrogen-bond acceptors (Lipinski definition) is 1. The van der Waals surface area contributed by atoms with Crippen LogP contribution in [0.25, 0.3) is 0 Å². The Bertz CT molecular complexity index is 186.